The van der Waals surface area contributed by atoms with E-state index in [1.807, 2.05) is 0 Å². The smallest absolute Gasteiger partial charge is 0.419 e. The Hall–Kier alpha value is -1.53. The SMILES string of the molecule is CC(CCC(=O)O)n1cc(C(F)(F)F)cn1. The molecule has 1 rings (SSSR count). The minimum atomic E-state index is -4.41. The number of hydrogen-bond acceptors (Lipinski definition) is 2. The first kappa shape index (κ1) is 12.5. The summed E-state index contributed by atoms with van der Waals surface area (Å²) < 4.78 is 37.8. The van der Waals surface area contributed by atoms with E-state index in [-0.39, 0.29) is 18.9 Å². The molecule has 0 aromatic carbocycles. The summed E-state index contributed by atoms with van der Waals surface area (Å²) in [6, 6.07) is -0.368. The molecule has 0 aliphatic rings. The lowest BCUT2D eigenvalue weighted by Crippen LogP contribution is -2.08. The van der Waals surface area contributed by atoms with Gasteiger partial charge in [0.1, 0.15) is 0 Å². The molecule has 1 atom stereocenters. The predicted octanol–water partition coefficient (Wildman–Crippen LogP) is 2.33. The number of alkyl halides is 3. The molecule has 0 amide bonds. The topological polar surface area (TPSA) is 55.1 Å². The second kappa shape index (κ2) is 4.54. The van der Waals surface area contributed by atoms with Crippen LogP contribution in [0.15, 0.2) is 12.4 Å². The van der Waals surface area contributed by atoms with E-state index >= 15 is 0 Å². The Morgan fingerprint density at radius 3 is 2.69 bits per heavy atom. The van der Waals surface area contributed by atoms with Crippen molar-refractivity contribution in [1.29, 1.82) is 0 Å². The zero-order chi connectivity index (χ0) is 12.3. The summed E-state index contributed by atoms with van der Waals surface area (Å²) in [6.45, 7) is 1.62. The van der Waals surface area contributed by atoms with Gasteiger partial charge in [0.15, 0.2) is 0 Å². The largest absolute Gasteiger partial charge is 0.481 e. The predicted molar refractivity (Wildman–Crippen MR) is 48.8 cm³/mol. The molecule has 0 spiro atoms. The number of nitrogens with zero attached hydrogens (tertiary/aromatic N) is 2. The van der Waals surface area contributed by atoms with Crippen molar-refractivity contribution in [1.82, 2.24) is 9.78 Å². The Bertz CT molecular complexity index is 373. The molecular weight excluding hydrogens is 225 g/mol. The fraction of sp³-hybridized carbons (Fsp3) is 0.556. The first-order chi connectivity index (χ1) is 7.30. The van der Waals surface area contributed by atoms with E-state index in [4.69, 9.17) is 5.11 Å². The second-order valence-electron chi connectivity index (χ2n) is 3.49. The number of aliphatic carboxylic acids is 1. The van der Waals surface area contributed by atoms with Crippen molar-refractivity contribution in [3.63, 3.8) is 0 Å². The number of carboxylic acids is 1. The van der Waals surface area contributed by atoms with E-state index in [0.717, 1.165) is 17.1 Å². The van der Waals surface area contributed by atoms with E-state index in [2.05, 4.69) is 5.10 Å². The second-order valence-corrected chi connectivity index (χ2v) is 3.49. The van der Waals surface area contributed by atoms with E-state index in [1.165, 1.54) is 0 Å². The first-order valence-corrected chi connectivity index (χ1v) is 4.64. The molecule has 1 aromatic rings. The Morgan fingerprint density at radius 2 is 2.25 bits per heavy atom. The van der Waals surface area contributed by atoms with E-state index in [9.17, 15) is 18.0 Å². The van der Waals surface area contributed by atoms with Crippen LogP contribution in [0.2, 0.25) is 0 Å². The molecule has 0 aliphatic heterocycles. The number of halogens is 3. The lowest BCUT2D eigenvalue weighted by atomic mass is 10.2. The highest BCUT2D eigenvalue weighted by molar-refractivity contribution is 5.66. The molecule has 0 saturated heterocycles. The number of carbonyl (C=O) groups is 1. The fourth-order valence-corrected chi connectivity index (χ4v) is 1.19. The van der Waals surface area contributed by atoms with Crippen molar-refractivity contribution in [2.45, 2.75) is 32.0 Å². The zero-order valence-corrected chi connectivity index (χ0v) is 8.53. The maximum absolute atomic E-state index is 12.2. The molecule has 16 heavy (non-hydrogen) atoms. The van der Waals surface area contributed by atoms with Crippen molar-refractivity contribution in [2.24, 2.45) is 0 Å². The van der Waals surface area contributed by atoms with Crippen molar-refractivity contribution in [2.75, 3.05) is 0 Å². The molecule has 4 nitrogen and oxygen atoms in total. The van der Waals surface area contributed by atoms with Gasteiger partial charge in [-0.1, -0.05) is 0 Å². The summed E-state index contributed by atoms with van der Waals surface area (Å²) in [6.07, 6.45) is -2.65. The fourth-order valence-electron chi connectivity index (χ4n) is 1.19. The van der Waals surface area contributed by atoms with Gasteiger partial charge in [-0.25, -0.2) is 0 Å². The highest BCUT2D eigenvalue weighted by atomic mass is 19.4. The van der Waals surface area contributed by atoms with E-state index < -0.39 is 17.7 Å². The summed E-state index contributed by atoms with van der Waals surface area (Å²) in [4.78, 5) is 10.3. The third-order valence-corrected chi connectivity index (χ3v) is 2.16. The van der Waals surface area contributed by atoms with Crippen molar-refractivity contribution >= 4 is 5.97 Å². The molecule has 1 unspecified atom stereocenters. The van der Waals surface area contributed by atoms with Gasteiger partial charge in [0.2, 0.25) is 0 Å². The molecular formula is C9H11F3N2O2. The van der Waals surface area contributed by atoms with Gasteiger partial charge in [-0.2, -0.15) is 18.3 Å². The lowest BCUT2D eigenvalue weighted by molar-refractivity contribution is -0.138. The average molecular weight is 236 g/mol. The molecule has 0 aliphatic carbocycles. The van der Waals surface area contributed by atoms with Gasteiger partial charge in [-0.05, 0) is 13.3 Å². The minimum Gasteiger partial charge on any atom is -0.481 e. The Kier molecular flexibility index (Phi) is 3.56. The highest BCUT2D eigenvalue weighted by Crippen LogP contribution is 2.29. The van der Waals surface area contributed by atoms with Gasteiger partial charge in [-0.15, -0.1) is 0 Å². The van der Waals surface area contributed by atoms with Crippen LogP contribution in [0.1, 0.15) is 31.4 Å². The number of rotatable bonds is 4. The Labute approximate surface area is 89.7 Å². The van der Waals surface area contributed by atoms with Gasteiger partial charge in [0, 0.05) is 18.7 Å². The van der Waals surface area contributed by atoms with Crippen molar-refractivity contribution in [3.8, 4) is 0 Å². The first-order valence-electron chi connectivity index (χ1n) is 4.64. The standard InChI is InChI=1S/C9H11F3N2O2/c1-6(2-3-8(15)16)14-5-7(4-13-14)9(10,11)12/h4-6H,2-3H2,1H3,(H,15,16). The molecule has 90 valence electrons. The summed E-state index contributed by atoms with van der Waals surface area (Å²) in [5.74, 6) is -0.977. The molecule has 0 radical (unpaired) electrons. The third-order valence-electron chi connectivity index (χ3n) is 2.16. The van der Waals surface area contributed by atoms with Crippen molar-refractivity contribution < 1.29 is 23.1 Å². The number of aromatic nitrogens is 2. The molecule has 0 saturated carbocycles. The summed E-state index contributed by atoms with van der Waals surface area (Å²) in [5, 5.41) is 12.0. The van der Waals surface area contributed by atoms with Gasteiger partial charge < -0.3 is 5.11 Å². The summed E-state index contributed by atoms with van der Waals surface area (Å²) >= 11 is 0. The lowest BCUT2D eigenvalue weighted by Gasteiger charge is -2.10. The van der Waals surface area contributed by atoms with Crippen LogP contribution >= 0.6 is 0 Å². The van der Waals surface area contributed by atoms with Gasteiger partial charge in [0.05, 0.1) is 11.8 Å². The molecule has 1 heterocycles. The quantitative estimate of drug-likeness (QED) is 0.872. The van der Waals surface area contributed by atoms with Gasteiger partial charge in [-0.3, -0.25) is 9.48 Å². The summed E-state index contributed by atoms with van der Waals surface area (Å²) in [7, 11) is 0. The number of hydrogen-bond donors (Lipinski definition) is 1. The van der Waals surface area contributed by atoms with Crippen LogP contribution in [0.4, 0.5) is 13.2 Å². The van der Waals surface area contributed by atoms with Crippen molar-refractivity contribution in [3.05, 3.63) is 18.0 Å². The normalized spacial score (nSPS) is 13.8. The van der Waals surface area contributed by atoms with E-state index in [1.54, 1.807) is 6.92 Å². The molecule has 0 fully saturated rings. The molecule has 1 N–H and O–H groups in total. The average Bonchev–Trinajstić information content (AvgIpc) is 2.61. The number of carboxylic acid groups (broad SMARTS) is 1. The van der Waals surface area contributed by atoms with Crippen LogP contribution in [0, 0.1) is 0 Å². The minimum absolute atomic E-state index is 0.0949. The Morgan fingerprint density at radius 1 is 1.62 bits per heavy atom. The molecule has 7 heteroatoms. The Balaban J connectivity index is 2.67. The van der Waals surface area contributed by atoms with Crippen LogP contribution < -0.4 is 0 Å². The molecule has 0 bridgehead atoms. The van der Waals surface area contributed by atoms with Crippen LogP contribution in [-0.4, -0.2) is 20.9 Å². The summed E-state index contributed by atoms with van der Waals surface area (Å²) in [5.41, 5.74) is -0.824. The van der Waals surface area contributed by atoms with Crippen LogP contribution in [0.3, 0.4) is 0 Å². The van der Waals surface area contributed by atoms with Crippen LogP contribution in [0.5, 0.6) is 0 Å². The maximum Gasteiger partial charge on any atom is 0.419 e. The van der Waals surface area contributed by atoms with E-state index in [0.29, 0.717) is 0 Å². The highest BCUT2D eigenvalue weighted by Gasteiger charge is 2.32. The van der Waals surface area contributed by atoms with Gasteiger partial charge >= 0.3 is 12.1 Å². The molecule has 1 aromatic heterocycles. The third kappa shape index (κ3) is 3.25. The monoisotopic (exact) mass is 236 g/mol. The van der Waals surface area contributed by atoms with Crippen LogP contribution in [0.25, 0.3) is 0 Å². The van der Waals surface area contributed by atoms with Gasteiger partial charge in [0.25, 0.3) is 0 Å². The van der Waals surface area contributed by atoms with Crippen LogP contribution in [-0.2, 0) is 11.0 Å². The zero-order valence-electron chi connectivity index (χ0n) is 8.53. The maximum atomic E-state index is 12.2.